The summed E-state index contributed by atoms with van der Waals surface area (Å²) in [6.45, 7) is 1.37. The third-order valence-electron chi connectivity index (χ3n) is 2.85. The van der Waals surface area contributed by atoms with Crippen LogP contribution in [0.1, 0.15) is 12.0 Å². The average Bonchev–Trinajstić information content (AvgIpc) is 2.25. The van der Waals surface area contributed by atoms with Gasteiger partial charge in [-0.1, -0.05) is 28.1 Å². The zero-order chi connectivity index (χ0) is 10.7. The van der Waals surface area contributed by atoms with Gasteiger partial charge in [0.15, 0.2) is 0 Å². The molecule has 0 amide bonds. The van der Waals surface area contributed by atoms with Crippen LogP contribution in [-0.4, -0.2) is 24.4 Å². The Morgan fingerprint density at radius 1 is 1.33 bits per heavy atom. The Morgan fingerprint density at radius 2 is 2.07 bits per heavy atom. The fraction of sp³-hybridized carbons (Fsp3) is 0.500. The Morgan fingerprint density at radius 3 is 2.73 bits per heavy atom. The van der Waals surface area contributed by atoms with Crippen LogP contribution in [0, 0.1) is 5.92 Å². The SMILES string of the molecule is O[C@@H]1CCOC[C@@H]1Cc1ccc(Br)cc1. The summed E-state index contributed by atoms with van der Waals surface area (Å²) in [6, 6.07) is 8.24. The van der Waals surface area contributed by atoms with Crippen molar-refractivity contribution in [1.82, 2.24) is 0 Å². The first-order chi connectivity index (χ1) is 7.25. The third-order valence-corrected chi connectivity index (χ3v) is 3.37. The molecular weight excluding hydrogens is 256 g/mol. The zero-order valence-electron chi connectivity index (χ0n) is 8.53. The van der Waals surface area contributed by atoms with Crippen molar-refractivity contribution in [3.8, 4) is 0 Å². The molecule has 1 aromatic rings. The summed E-state index contributed by atoms with van der Waals surface area (Å²) in [4.78, 5) is 0. The first-order valence-electron chi connectivity index (χ1n) is 5.26. The van der Waals surface area contributed by atoms with Crippen molar-refractivity contribution in [2.75, 3.05) is 13.2 Å². The van der Waals surface area contributed by atoms with Crippen molar-refractivity contribution in [2.24, 2.45) is 5.92 Å². The van der Waals surface area contributed by atoms with Gasteiger partial charge in [-0.05, 0) is 30.5 Å². The van der Waals surface area contributed by atoms with E-state index in [-0.39, 0.29) is 12.0 Å². The van der Waals surface area contributed by atoms with Crippen molar-refractivity contribution in [1.29, 1.82) is 0 Å². The number of aliphatic hydroxyl groups excluding tert-OH is 1. The fourth-order valence-electron chi connectivity index (χ4n) is 1.90. The van der Waals surface area contributed by atoms with Crippen LogP contribution in [0.3, 0.4) is 0 Å². The molecule has 0 aliphatic carbocycles. The van der Waals surface area contributed by atoms with E-state index in [1.165, 1.54) is 5.56 Å². The molecule has 2 atom stereocenters. The molecule has 1 aliphatic rings. The van der Waals surface area contributed by atoms with Crippen molar-refractivity contribution >= 4 is 15.9 Å². The second-order valence-corrected chi connectivity index (χ2v) is 4.94. The minimum absolute atomic E-state index is 0.206. The average molecular weight is 271 g/mol. The maximum absolute atomic E-state index is 9.80. The lowest BCUT2D eigenvalue weighted by molar-refractivity contribution is -0.0350. The largest absolute Gasteiger partial charge is 0.393 e. The molecule has 1 aliphatic heterocycles. The number of aliphatic hydroxyl groups is 1. The van der Waals surface area contributed by atoms with Gasteiger partial charge in [-0.2, -0.15) is 0 Å². The van der Waals surface area contributed by atoms with E-state index >= 15 is 0 Å². The number of halogens is 1. The first kappa shape index (κ1) is 11.1. The van der Waals surface area contributed by atoms with E-state index in [9.17, 15) is 5.11 Å². The summed E-state index contributed by atoms with van der Waals surface area (Å²) < 4.78 is 6.47. The van der Waals surface area contributed by atoms with Crippen LogP contribution in [0.15, 0.2) is 28.7 Å². The highest BCUT2D eigenvalue weighted by Gasteiger charge is 2.23. The van der Waals surface area contributed by atoms with Gasteiger partial charge in [0.25, 0.3) is 0 Å². The molecule has 0 unspecified atom stereocenters. The highest BCUT2D eigenvalue weighted by molar-refractivity contribution is 9.10. The Hall–Kier alpha value is -0.380. The summed E-state index contributed by atoms with van der Waals surface area (Å²) in [5.41, 5.74) is 1.26. The molecule has 0 aromatic heterocycles. The van der Waals surface area contributed by atoms with Crippen molar-refractivity contribution in [3.63, 3.8) is 0 Å². The lowest BCUT2D eigenvalue weighted by Crippen LogP contribution is -2.33. The number of ether oxygens (including phenoxy) is 1. The number of hydrogen-bond donors (Lipinski definition) is 1. The molecule has 15 heavy (non-hydrogen) atoms. The smallest absolute Gasteiger partial charge is 0.0615 e. The molecule has 1 fully saturated rings. The Labute approximate surface area is 98.4 Å². The maximum atomic E-state index is 9.80. The standard InChI is InChI=1S/C12H15BrO2/c13-11-3-1-9(2-4-11)7-10-8-15-6-5-12(10)14/h1-4,10,12,14H,5-8H2/t10-,12+/m0/s1. The van der Waals surface area contributed by atoms with E-state index in [1.54, 1.807) is 0 Å². The fourth-order valence-corrected chi connectivity index (χ4v) is 2.17. The van der Waals surface area contributed by atoms with Gasteiger partial charge < -0.3 is 9.84 Å². The van der Waals surface area contributed by atoms with Crippen molar-refractivity contribution in [3.05, 3.63) is 34.3 Å². The molecule has 1 heterocycles. The van der Waals surface area contributed by atoms with Crippen LogP contribution in [-0.2, 0) is 11.2 Å². The monoisotopic (exact) mass is 270 g/mol. The van der Waals surface area contributed by atoms with Gasteiger partial charge in [0, 0.05) is 17.0 Å². The number of rotatable bonds is 2. The second kappa shape index (κ2) is 5.10. The molecule has 1 aromatic carbocycles. The summed E-state index contributed by atoms with van der Waals surface area (Å²) >= 11 is 3.41. The summed E-state index contributed by atoms with van der Waals surface area (Å²) in [5, 5.41) is 9.80. The zero-order valence-corrected chi connectivity index (χ0v) is 10.1. The van der Waals surface area contributed by atoms with E-state index in [1.807, 2.05) is 12.1 Å². The van der Waals surface area contributed by atoms with Crippen LogP contribution < -0.4 is 0 Å². The molecular formula is C12H15BrO2. The molecule has 0 saturated carbocycles. The highest BCUT2D eigenvalue weighted by Crippen LogP contribution is 2.20. The van der Waals surface area contributed by atoms with E-state index < -0.39 is 0 Å². The number of benzene rings is 1. The summed E-state index contributed by atoms with van der Waals surface area (Å²) in [5.74, 6) is 0.250. The van der Waals surface area contributed by atoms with Gasteiger partial charge in [0.2, 0.25) is 0 Å². The molecule has 1 N–H and O–H groups in total. The van der Waals surface area contributed by atoms with E-state index in [4.69, 9.17) is 4.74 Å². The molecule has 3 heteroatoms. The molecule has 0 spiro atoms. The van der Waals surface area contributed by atoms with Crippen molar-refractivity contribution in [2.45, 2.75) is 18.9 Å². The molecule has 2 nitrogen and oxygen atoms in total. The quantitative estimate of drug-likeness (QED) is 0.895. The van der Waals surface area contributed by atoms with Gasteiger partial charge in [-0.3, -0.25) is 0 Å². The maximum Gasteiger partial charge on any atom is 0.0615 e. The minimum atomic E-state index is -0.206. The van der Waals surface area contributed by atoms with E-state index in [0.29, 0.717) is 13.2 Å². The van der Waals surface area contributed by atoms with E-state index in [0.717, 1.165) is 17.3 Å². The van der Waals surface area contributed by atoms with Crippen LogP contribution in [0.25, 0.3) is 0 Å². The third kappa shape index (κ3) is 3.03. The van der Waals surface area contributed by atoms with Crippen LogP contribution in [0.5, 0.6) is 0 Å². The first-order valence-corrected chi connectivity index (χ1v) is 6.05. The predicted octanol–water partition coefficient (Wildman–Crippen LogP) is 2.39. The topological polar surface area (TPSA) is 29.5 Å². The molecule has 0 bridgehead atoms. The Balaban J connectivity index is 1.98. The second-order valence-electron chi connectivity index (χ2n) is 4.02. The molecule has 2 rings (SSSR count). The van der Waals surface area contributed by atoms with Gasteiger partial charge in [-0.15, -0.1) is 0 Å². The van der Waals surface area contributed by atoms with Gasteiger partial charge >= 0.3 is 0 Å². The molecule has 1 saturated heterocycles. The minimum Gasteiger partial charge on any atom is -0.393 e. The van der Waals surface area contributed by atoms with Gasteiger partial charge in [0.05, 0.1) is 12.7 Å². The Kier molecular flexibility index (Phi) is 3.78. The molecule has 0 radical (unpaired) electrons. The van der Waals surface area contributed by atoms with Crippen LogP contribution in [0.2, 0.25) is 0 Å². The summed E-state index contributed by atoms with van der Waals surface area (Å²) in [6.07, 6.45) is 1.46. The van der Waals surface area contributed by atoms with Crippen molar-refractivity contribution < 1.29 is 9.84 Å². The Bertz CT molecular complexity index is 310. The highest BCUT2D eigenvalue weighted by atomic mass is 79.9. The van der Waals surface area contributed by atoms with Crippen LogP contribution >= 0.6 is 15.9 Å². The summed E-state index contributed by atoms with van der Waals surface area (Å²) in [7, 11) is 0. The normalized spacial score (nSPS) is 26.5. The number of hydrogen-bond acceptors (Lipinski definition) is 2. The van der Waals surface area contributed by atoms with Crippen LogP contribution in [0.4, 0.5) is 0 Å². The van der Waals surface area contributed by atoms with Gasteiger partial charge in [0.1, 0.15) is 0 Å². The van der Waals surface area contributed by atoms with Gasteiger partial charge in [-0.25, -0.2) is 0 Å². The molecule has 82 valence electrons. The predicted molar refractivity (Wildman–Crippen MR) is 62.8 cm³/mol. The van der Waals surface area contributed by atoms with E-state index in [2.05, 4.69) is 28.1 Å². The lowest BCUT2D eigenvalue weighted by Gasteiger charge is -2.27. The lowest BCUT2D eigenvalue weighted by atomic mass is 9.92.